The Bertz CT molecular complexity index is 1220. The number of esters is 1. The van der Waals surface area contributed by atoms with Crippen LogP contribution in [0.25, 0.3) is 11.1 Å². The summed E-state index contributed by atoms with van der Waals surface area (Å²) in [7, 11) is 0. The van der Waals surface area contributed by atoms with E-state index in [0.29, 0.717) is 0 Å². The van der Waals surface area contributed by atoms with Crippen LogP contribution < -0.4 is 9.64 Å². The van der Waals surface area contributed by atoms with E-state index >= 15 is 0 Å². The lowest BCUT2D eigenvalue weighted by molar-refractivity contribution is 0.00616. The van der Waals surface area contributed by atoms with Crippen molar-refractivity contribution in [3.8, 4) is 22.6 Å². The number of nitrogens with zero attached hydrogens (tertiary/aromatic N) is 5. The molecule has 9 heteroatoms. The first-order chi connectivity index (χ1) is 17.6. The minimum atomic E-state index is -0.575. The topological polar surface area (TPSA) is 101 Å². The van der Waals surface area contributed by atoms with Crippen LogP contribution in [0, 0.1) is 0 Å². The molecule has 0 atom stereocenters. The number of aromatic hydroxyl groups is 1. The van der Waals surface area contributed by atoms with Crippen LogP contribution >= 0.6 is 0 Å². The van der Waals surface area contributed by atoms with E-state index in [1.54, 1.807) is 18.3 Å². The summed E-state index contributed by atoms with van der Waals surface area (Å²) in [6, 6.07) is 11.4. The molecule has 196 valence electrons. The summed E-state index contributed by atoms with van der Waals surface area (Å²) < 4.78 is 11.4. The Morgan fingerprint density at radius 1 is 1.00 bits per heavy atom. The normalized spacial score (nSPS) is 14.6. The average Bonchev–Trinajstić information content (AvgIpc) is 2.83. The number of piperazine rings is 1. The van der Waals surface area contributed by atoms with Gasteiger partial charge in [-0.25, -0.2) is 4.79 Å². The average molecular weight is 506 g/mol. The lowest BCUT2D eigenvalue weighted by atomic mass is 10.0. The second-order valence-electron chi connectivity index (χ2n) is 10.5. The molecule has 3 heterocycles. The molecule has 37 heavy (non-hydrogen) atoms. The summed E-state index contributed by atoms with van der Waals surface area (Å²) in [6.07, 6.45) is 3.22. The van der Waals surface area contributed by atoms with Gasteiger partial charge in [-0.3, -0.25) is 9.88 Å². The molecule has 1 saturated heterocycles. The van der Waals surface area contributed by atoms with E-state index in [2.05, 4.69) is 37.1 Å². The van der Waals surface area contributed by atoms with Gasteiger partial charge in [0.2, 0.25) is 0 Å². The maximum Gasteiger partial charge on any atom is 0.359 e. The smallest absolute Gasteiger partial charge is 0.359 e. The van der Waals surface area contributed by atoms with E-state index in [-0.39, 0.29) is 17.5 Å². The van der Waals surface area contributed by atoms with Gasteiger partial charge in [-0.2, -0.15) is 0 Å². The van der Waals surface area contributed by atoms with Gasteiger partial charge < -0.3 is 19.5 Å². The number of ether oxygens (including phenoxy) is 2. The molecule has 4 rings (SSSR count). The van der Waals surface area contributed by atoms with Crippen molar-refractivity contribution < 1.29 is 19.4 Å². The third-order valence-corrected chi connectivity index (χ3v) is 5.76. The van der Waals surface area contributed by atoms with Crippen molar-refractivity contribution in [3.05, 3.63) is 60.0 Å². The highest BCUT2D eigenvalue weighted by molar-refractivity contribution is 5.87. The standard InChI is InChI=1S/C28H35N5O4/c1-19(2)36-24-13-20(12-21(15-24)22-14-23(34)17-29-16-22)18-32-8-10-33(11-9-32)26-7-6-25(30-31-26)27(35)37-28(3,4)5/h6-7,12-17,19,34H,8-11,18H2,1-5H3. The largest absolute Gasteiger partial charge is 0.506 e. The molecule has 1 N–H and O–H groups in total. The van der Waals surface area contributed by atoms with Crippen molar-refractivity contribution in [2.45, 2.75) is 52.9 Å². The first-order valence-electron chi connectivity index (χ1n) is 12.5. The minimum absolute atomic E-state index is 0.0526. The zero-order chi connectivity index (χ0) is 26.6. The van der Waals surface area contributed by atoms with Gasteiger partial charge in [-0.15, -0.1) is 10.2 Å². The Morgan fingerprint density at radius 3 is 2.38 bits per heavy atom. The van der Waals surface area contributed by atoms with E-state index in [4.69, 9.17) is 9.47 Å². The highest BCUT2D eigenvalue weighted by Crippen LogP contribution is 2.29. The molecule has 0 amide bonds. The molecule has 0 aliphatic carbocycles. The summed E-state index contributed by atoms with van der Waals surface area (Å²) in [5.74, 6) is 1.20. The van der Waals surface area contributed by atoms with Crippen LogP contribution in [0.3, 0.4) is 0 Å². The SMILES string of the molecule is CC(C)Oc1cc(CN2CCN(c3ccc(C(=O)OC(C)(C)C)nn3)CC2)cc(-c2cncc(O)c2)c1. The number of carbonyl (C=O) groups excluding carboxylic acids is 1. The van der Waals surface area contributed by atoms with Crippen LogP contribution in [-0.4, -0.2) is 69.0 Å². The molecule has 1 aliphatic heterocycles. The zero-order valence-electron chi connectivity index (χ0n) is 22.1. The van der Waals surface area contributed by atoms with Gasteiger partial charge in [-0.1, -0.05) is 0 Å². The van der Waals surface area contributed by atoms with Gasteiger partial charge in [-0.05, 0) is 82.1 Å². The van der Waals surface area contributed by atoms with Crippen LogP contribution in [0.4, 0.5) is 5.82 Å². The summed E-state index contributed by atoms with van der Waals surface area (Å²) in [5, 5.41) is 18.2. The second-order valence-corrected chi connectivity index (χ2v) is 10.5. The molecular formula is C28H35N5O4. The van der Waals surface area contributed by atoms with Crippen molar-refractivity contribution in [3.63, 3.8) is 0 Å². The summed E-state index contributed by atoms with van der Waals surface area (Å²) >= 11 is 0. The van der Waals surface area contributed by atoms with Crippen LogP contribution in [0.1, 0.15) is 50.7 Å². The molecule has 0 spiro atoms. The van der Waals surface area contributed by atoms with Crippen LogP contribution in [0.5, 0.6) is 11.5 Å². The van der Waals surface area contributed by atoms with E-state index in [0.717, 1.165) is 61.0 Å². The Morgan fingerprint density at radius 2 is 1.76 bits per heavy atom. The van der Waals surface area contributed by atoms with Crippen molar-refractivity contribution in [1.29, 1.82) is 0 Å². The molecule has 9 nitrogen and oxygen atoms in total. The first-order valence-corrected chi connectivity index (χ1v) is 12.5. The summed E-state index contributed by atoms with van der Waals surface area (Å²) in [5.41, 5.74) is 2.56. The van der Waals surface area contributed by atoms with Crippen LogP contribution in [-0.2, 0) is 11.3 Å². The number of anilines is 1. The van der Waals surface area contributed by atoms with E-state index in [1.165, 1.54) is 6.20 Å². The molecule has 1 aliphatic rings. The van der Waals surface area contributed by atoms with Gasteiger partial charge in [0.1, 0.15) is 17.1 Å². The number of hydrogen-bond acceptors (Lipinski definition) is 9. The van der Waals surface area contributed by atoms with Crippen molar-refractivity contribution >= 4 is 11.8 Å². The number of rotatable bonds is 7. The van der Waals surface area contributed by atoms with Crippen molar-refractivity contribution in [2.24, 2.45) is 0 Å². The molecule has 0 bridgehead atoms. The molecule has 3 aromatic rings. The number of hydrogen-bond donors (Lipinski definition) is 1. The fourth-order valence-electron chi connectivity index (χ4n) is 4.17. The first kappa shape index (κ1) is 26.3. The fraction of sp³-hybridized carbons (Fsp3) is 0.429. The summed E-state index contributed by atoms with van der Waals surface area (Å²) in [4.78, 5) is 20.9. The second kappa shape index (κ2) is 11.1. The van der Waals surface area contributed by atoms with E-state index in [1.807, 2.05) is 46.8 Å². The molecule has 1 fully saturated rings. The Kier molecular flexibility index (Phi) is 7.92. The molecule has 0 radical (unpaired) electrons. The van der Waals surface area contributed by atoms with Crippen LogP contribution in [0.2, 0.25) is 0 Å². The Balaban J connectivity index is 1.41. The molecule has 0 unspecified atom stereocenters. The minimum Gasteiger partial charge on any atom is -0.506 e. The highest BCUT2D eigenvalue weighted by Gasteiger charge is 2.22. The maximum atomic E-state index is 12.2. The molecular weight excluding hydrogens is 470 g/mol. The fourth-order valence-corrected chi connectivity index (χ4v) is 4.17. The van der Waals surface area contributed by atoms with Crippen molar-refractivity contribution in [1.82, 2.24) is 20.1 Å². The number of pyridine rings is 1. The quantitative estimate of drug-likeness (QED) is 0.471. The lowest BCUT2D eigenvalue weighted by Crippen LogP contribution is -2.46. The van der Waals surface area contributed by atoms with E-state index < -0.39 is 11.6 Å². The lowest BCUT2D eigenvalue weighted by Gasteiger charge is -2.35. The third-order valence-electron chi connectivity index (χ3n) is 5.76. The monoisotopic (exact) mass is 505 g/mol. The maximum absolute atomic E-state index is 12.2. The summed E-state index contributed by atoms with van der Waals surface area (Å²) in [6.45, 7) is 13.6. The predicted octanol–water partition coefficient (Wildman–Crippen LogP) is 4.31. The highest BCUT2D eigenvalue weighted by atomic mass is 16.6. The number of carbonyl (C=O) groups is 1. The predicted molar refractivity (Wildman–Crippen MR) is 142 cm³/mol. The van der Waals surface area contributed by atoms with Gasteiger partial charge >= 0.3 is 5.97 Å². The zero-order valence-corrected chi connectivity index (χ0v) is 22.1. The Hall–Kier alpha value is -3.72. The number of aromatic nitrogens is 3. The molecule has 1 aromatic carbocycles. The van der Waals surface area contributed by atoms with E-state index in [9.17, 15) is 9.90 Å². The van der Waals surface area contributed by atoms with Crippen molar-refractivity contribution in [2.75, 3.05) is 31.1 Å². The molecule has 2 aromatic heterocycles. The van der Waals surface area contributed by atoms with Gasteiger partial charge in [0.25, 0.3) is 0 Å². The Labute approximate surface area is 218 Å². The number of benzene rings is 1. The van der Waals surface area contributed by atoms with Crippen LogP contribution in [0.15, 0.2) is 48.8 Å². The third kappa shape index (κ3) is 7.39. The van der Waals surface area contributed by atoms with Gasteiger partial charge in [0.15, 0.2) is 11.5 Å². The van der Waals surface area contributed by atoms with Gasteiger partial charge in [0, 0.05) is 44.5 Å². The molecule has 0 saturated carbocycles. The van der Waals surface area contributed by atoms with Gasteiger partial charge in [0.05, 0.1) is 12.3 Å².